The Morgan fingerprint density at radius 1 is 1.00 bits per heavy atom. The van der Waals surface area contributed by atoms with Gasteiger partial charge in [-0.05, 0) is 48.9 Å². The molecule has 1 aromatic heterocycles. The maximum atomic E-state index is 13.5. The third-order valence-corrected chi connectivity index (χ3v) is 5.57. The summed E-state index contributed by atoms with van der Waals surface area (Å²) in [5, 5.41) is 6.52. The third-order valence-electron chi connectivity index (χ3n) is 5.57. The smallest absolute Gasteiger partial charge is 0.255 e. The second-order valence-corrected chi connectivity index (χ2v) is 7.43. The molecule has 0 aliphatic carbocycles. The number of imidazole rings is 1. The highest BCUT2D eigenvalue weighted by atomic mass is 16.5. The number of aromatic nitrogens is 2. The zero-order valence-corrected chi connectivity index (χ0v) is 17.3. The van der Waals surface area contributed by atoms with Crippen LogP contribution in [0.25, 0.3) is 16.7 Å². The number of nitrogens with zero attached hydrogens (tertiary/aromatic N) is 2. The minimum atomic E-state index is -0.348. The fourth-order valence-electron chi connectivity index (χ4n) is 4.05. The summed E-state index contributed by atoms with van der Waals surface area (Å²) in [6, 6.07) is 24.8. The van der Waals surface area contributed by atoms with Crippen LogP contribution in [0.1, 0.15) is 18.5 Å². The van der Waals surface area contributed by atoms with E-state index in [9.17, 15) is 4.79 Å². The summed E-state index contributed by atoms with van der Waals surface area (Å²) in [6.07, 6.45) is 0. The van der Waals surface area contributed by atoms with Crippen molar-refractivity contribution in [3.63, 3.8) is 0 Å². The van der Waals surface area contributed by atoms with Gasteiger partial charge >= 0.3 is 0 Å². The molecule has 0 saturated carbocycles. The van der Waals surface area contributed by atoms with E-state index in [1.807, 2.05) is 90.4 Å². The minimum absolute atomic E-state index is 0.152. The van der Waals surface area contributed by atoms with E-state index in [0.29, 0.717) is 5.57 Å². The van der Waals surface area contributed by atoms with Gasteiger partial charge in [0.05, 0.1) is 29.8 Å². The van der Waals surface area contributed by atoms with Crippen molar-refractivity contribution >= 4 is 34.3 Å². The molecule has 3 aromatic carbocycles. The van der Waals surface area contributed by atoms with Gasteiger partial charge in [-0.25, -0.2) is 4.98 Å². The van der Waals surface area contributed by atoms with Crippen LogP contribution in [0.3, 0.4) is 0 Å². The van der Waals surface area contributed by atoms with Gasteiger partial charge in [-0.3, -0.25) is 9.36 Å². The molecule has 154 valence electrons. The number of carbonyl (C=O) groups is 1. The van der Waals surface area contributed by atoms with Gasteiger partial charge in [-0.15, -0.1) is 0 Å². The number of para-hydroxylation sites is 3. The molecule has 6 nitrogen and oxygen atoms in total. The number of methoxy groups -OCH3 is 1. The standard InChI is InChI=1S/C25H22N4O2/c1-16-22(24(30)26-18-8-4-3-5-9-18)23(17-12-14-19(31-2)15-13-17)28-25-27-20-10-6-7-11-21(20)29(16)25/h3-15,23H,1-2H3,(H,26,30)(H,27,28). The number of hydrogen-bond acceptors (Lipinski definition) is 4. The quantitative estimate of drug-likeness (QED) is 0.492. The second kappa shape index (κ2) is 7.65. The van der Waals surface area contributed by atoms with Crippen LogP contribution >= 0.6 is 0 Å². The molecule has 1 aliphatic rings. The molecule has 0 bridgehead atoms. The predicted molar refractivity (Wildman–Crippen MR) is 123 cm³/mol. The van der Waals surface area contributed by atoms with E-state index >= 15 is 0 Å². The van der Waals surface area contributed by atoms with Crippen molar-refractivity contribution in [3.05, 3.63) is 90.0 Å². The zero-order chi connectivity index (χ0) is 21.4. The molecular weight excluding hydrogens is 388 g/mol. The number of fused-ring (bicyclic) bond motifs is 3. The van der Waals surface area contributed by atoms with Gasteiger partial charge in [-0.1, -0.05) is 42.5 Å². The van der Waals surface area contributed by atoms with Gasteiger partial charge in [0.1, 0.15) is 5.75 Å². The molecule has 1 unspecified atom stereocenters. The monoisotopic (exact) mass is 410 g/mol. The lowest BCUT2D eigenvalue weighted by Crippen LogP contribution is -2.30. The van der Waals surface area contributed by atoms with Crippen LogP contribution in [0.15, 0.2) is 84.4 Å². The number of hydrogen-bond donors (Lipinski definition) is 2. The van der Waals surface area contributed by atoms with Crippen molar-refractivity contribution in [2.75, 3.05) is 17.7 Å². The number of benzene rings is 3. The number of nitrogens with one attached hydrogen (secondary N) is 2. The van der Waals surface area contributed by atoms with Gasteiger partial charge < -0.3 is 15.4 Å². The van der Waals surface area contributed by atoms with E-state index in [1.165, 1.54) is 0 Å². The predicted octanol–water partition coefficient (Wildman–Crippen LogP) is 5.08. The highest BCUT2D eigenvalue weighted by molar-refractivity contribution is 6.10. The molecule has 6 heteroatoms. The molecule has 0 radical (unpaired) electrons. The van der Waals surface area contributed by atoms with Crippen molar-refractivity contribution in [1.29, 1.82) is 0 Å². The Balaban J connectivity index is 1.64. The number of allylic oxidation sites excluding steroid dienone is 1. The van der Waals surface area contributed by atoms with Crippen molar-refractivity contribution in [3.8, 4) is 5.75 Å². The molecule has 0 fully saturated rings. The van der Waals surface area contributed by atoms with E-state index in [0.717, 1.165) is 39.7 Å². The summed E-state index contributed by atoms with van der Waals surface area (Å²) in [4.78, 5) is 18.2. The first-order valence-corrected chi connectivity index (χ1v) is 10.1. The molecule has 4 aromatic rings. The molecular formula is C25H22N4O2. The number of amides is 1. The Morgan fingerprint density at radius 3 is 2.45 bits per heavy atom. The Bertz CT molecular complexity index is 1290. The van der Waals surface area contributed by atoms with E-state index in [2.05, 4.69) is 10.6 Å². The van der Waals surface area contributed by atoms with Crippen LogP contribution in [0.2, 0.25) is 0 Å². The van der Waals surface area contributed by atoms with Crippen LogP contribution in [0, 0.1) is 0 Å². The van der Waals surface area contributed by atoms with Crippen LogP contribution in [-0.2, 0) is 4.79 Å². The molecule has 2 N–H and O–H groups in total. The maximum Gasteiger partial charge on any atom is 0.255 e. The SMILES string of the molecule is COc1ccc(C2Nc3nc4ccccc4n3C(C)=C2C(=O)Nc2ccccc2)cc1. The molecule has 31 heavy (non-hydrogen) atoms. The summed E-state index contributed by atoms with van der Waals surface area (Å²) in [5.41, 5.74) is 5.03. The van der Waals surface area contributed by atoms with Crippen LogP contribution in [0.5, 0.6) is 5.75 Å². The highest BCUT2D eigenvalue weighted by Crippen LogP contribution is 2.39. The lowest BCUT2D eigenvalue weighted by atomic mass is 9.94. The summed E-state index contributed by atoms with van der Waals surface area (Å²) in [5.74, 6) is 1.33. The van der Waals surface area contributed by atoms with Crippen LogP contribution in [-0.4, -0.2) is 22.6 Å². The average molecular weight is 410 g/mol. The number of anilines is 2. The van der Waals surface area contributed by atoms with Gasteiger partial charge in [0.25, 0.3) is 5.91 Å². The molecule has 1 atom stereocenters. The fourth-order valence-corrected chi connectivity index (χ4v) is 4.05. The topological polar surface area (TPSA) is 68.2 Å². The number of rotatable bonds is 4. The fraction of sp³-hybridized carbons (Fsp3) is 0.120. The molecule has 1 aliphatic heterocycles. The highest BCUT2D eigenvalue weighted by Gasteiger charge is 2.32. The molecule has 1 amide bonds. The second-order valence-electron chi connectivity index (χ2n) is 7.43. The first-order chi connectivity index (χ1) is 15.2. The Morgan fingerprint density at radius 2 is 1.71 bits per heavy atom. The molecule has 2 heterocycles. The van der Waals surface area contributed by atoms with E-state index < -0.39 is 0 Å². The Kier molecular flexibility index (Phi) is 4.67. The van der Waals surface area contributed by atoms with Gasteiger partial charge in [0, 0.05) is 11.4 Å². The lowest BCUT2D eigenvalue weighted by Gasteiger charge is -2.30. The number of ether oxygens (including phenoxy) is 1. The van der Waals surface area contributed by atoms with Crippen molar-refractivity contribution in [2.24, 2.45) is 0 Å². The first-order valence-electron chi connectivity index (χ1n) is 10.1. The van der Waals surface area contributed by atoms with Crippen molar-refractivity contribution in [2.45, 2.75) is 13.0 Å². The van der Waals surface area contributed by atoms with E-state index in [-0.39, 0.29) is 11.9 Å². The minimum Gasteiger partial charge on any atom is -0.497 e. The van der Waals surface area contributed by atoms with Gasteiger partial charge in [0.15, 0.2) is 0 Å². The summed E-state index contributed by atoms with van der Waals surface area (Å²) in [7, 11) is 1.64. The van der Waals surface area contributed by atoms with Gasteiger partial charge in [-0.2, -0.15) is 0 Å². The van der Waals surface area contributed by atoms with Gasteiger partial charge in [0.2, 0.25) is 5.95 Å². The van der Waals surface area contributed by atoms with Crippen molar-refractivity contribution in [1.82, 2.24) is 9.55 Å². The maximum absolute atomic E-state index is 13.5. The van der Waals surface area contributed by atoms with E-state index in [4.69, 9.17) is 9.72 Å². The normalized spacial score (nSPS) is 15.4. The average Bonchev–Trinajstić information content (AvgIpc) is 3.18. The summed E-state index contributed by atoms with van der Waals surface area (Å²) in [6.45, 7) is 1.97. The first kappa shape index (κ1) is 18.9. The molecule has 5 rings (SSSR count). The Hall–Kier alpha value is -4.06. The molecule has 0 spiro atoms. The van der Waals surface area contributed by atoms with E-state index in [1.54, 1.807) is 7.11 Å². The summed E-state index contributed by atoms with van der Waals surface area (Å²) < 4.78 is 7.31. The number of carbonyl (C=O) groups excluding carboxylic acids is 1. The van der Waals surface area contributed by atoms with Crippen LogP contribution < -0.4 is 15.4 Å². The zero-order valence-electron chi connectivity index (χ0n) is 17.3. The summed E-state index contributed by atoms with van der Waals surface area (Å²) >= 11 is 0. The largest absolute Gasteiger partial charge is 0.497 e. The van der Waals surface area contributed by atoms with Crippen molar-refractivity contribution < 1.29 is 9.53 Å². The lowest BCUT2D eigenvalue weighted by molar-refractivity contribution is -0.113. The Labute approximate surface area is 180 Å². The van der Waals surface area contributed by atoms with Crippen LogP contribution in [0.4, 0.5) is 11.6 Å². The molecule has 0 saturated heterocycles. The third kappa shape index (κ3) is 3.32.